The van der Waals surface area contributed by atoms with Crippen molar-refractivity contribution in [2.45, 2.75) is 0 Å². The summed E-state index contributed by atoms with van der Waals surface area (Å²) in [6.07, 6.45) is 0. The maximum absolute atomic E-state index is 8.25. The quantitative estimate of drug-likeness (QED) is 0.615. The van der Waals surface area contributed by atoms with Crippen LogP contribution in [0.2, 0.25) is 0 Å². The first-order valence-electron chi connectivity index (χ1n) is 0.272. The van der Waals surface area contributed by atoms with Crippen LogP contribution in [0.15, 0.2) is 0 Å². The second-order valence-corrected chi connectivity index (χ2v) is 0. The molecule has 0 spiro atoms. The average molecular weight is 283 g/mol. The summed E-state index contributed by atoms with van der Waals surface area (Å²) in [6.45, 7) is 0. The fourth-order valence-electron chi connectivity index (χ4n) is 0. The Hall–Kier alpha value is 0.756. The van der Waals surface area contributed by atoms with Gasteiger partial charge in [-0.05, 0) is 0 Å². The van der Waals surface area contributed by atoms with Gasteiger partial charge in [-0.1, -0.05) is 0 Å². The fourth-order valence-corrected chi connectivity index (χ4v) is 0. The zero-order valence-electron chi connectivity index (χ0n) is 1.48. The van der Waals surface area contributed by atoms with Crippen molar-refractivity contribution in [3.63, 3.8) is 0 Å². The molecule has 4 heteroatoms. The standard InChI is InChI=1S/Co.Ir.2O. The van der Waals surface area contributed by atoms with Crippen molar-refractivity contribution < 1.29 is 41.9 Å². The van der Waals surface area contributed by atoms with Crippen molar-refractivity contribution in [1.29, 1.82) is 0 Å². The van der Waals surface area contributed by atoms with Crippen LogP contribution in [0, 0.1) is 0 Å². The molecule has 0 fully saturated rings. The van der Waals surface area contributed by atoms with E-state index in [2.05, 4.69) is 15.7 Å². The van der Waals surface area contributed by atoms with E-state index in [1.807, 2.05) is 0 Å². The fraction of sp³-hybridized carbons (Fsp3) is 0. The van der Waals surface area contributed by atoms with Gasteiger partial charge in [0.25, 0.3) is 0 Å². The van der Waals surface area contributed by atoms with Crippen molar-refractivity contribution in [3.05, 3.63) is 0 Å². The Morgan fingerprint density at radius 2 is 1.25 bits per heavy atom. The molecule has 0 saturated heterocycles. The first-order valence-corrected chi connectivity index (χ1v) is 1.67. The van der Waals surface area contributed by atoms with Gasteiger partial charge in [-0.3, -0.25) is 0 Å². The van der Waals surface area contributed by atoms with Gasteiger partial charge in [-0.2, -0.15) is 0 Å². The summed E-state index contributed by atoms with van der Waals surface area (Å²) in [4.78, 5) is 0. The second-order valence-electron chi connectivity index (χ2n) is 0. The van der Waals surface area contributed by atoms with Crippen molar-refractivity contribution in [3.8, 4) is 0 Å². The van der Waals surface area contributed by atoms with E-state index in [4.69, 9.17) is 7.37 Å². The Balaban J connectivity index is 0. The summed E-state index contributed by atoms with van der Waals surface area (Å²) < 4.78 is 16.2. The first kappa shape index (κ1) is 8.83. The van der Waals surface area contributed by atoms with Gasteiger partial charge in [0.2, 0.25) is 0 Å². The third-order valence-electron chi connectivity index (χ3n) is 0. The molecule has 0 amide bonds. The summed E-state index contributed by atoms with van der Waals surface area (Å²) >= 11 is 3.06. The number of hydrogen-bond acceptors (Lipinski definition) is 2. The summed E-state index contributed by atoms with van der Waals surface area (Å²) in [7, 11) is 0. The molecule has 0 aromatic heterocycles. The molecule has 4 heavy (non-hydrogen) atoms. The van der Waals surface area contributed by atoms with Gasteiger partial charge in [0, 0.05) is 0 Å². The molecule has 0 heterocycles. The van der Waals surface area contributed by atoms with E-state index < -0.39 is 0 Å². The monoisotopic (exact) mass is 284 g/mol. The van der Waals surface area contributed by atoms with Crippen LogP contribution in [0.1, 0.15) is 0 Å². The molecule has 0 aromatic carbocycles. The van der Waals surface area contributed by atoms with Gasteiger partial charge in [-0.25, -0.2) is 0 Å². The van der Waals surface area contributed by atoms with E-state index in [1.165, 1.54) is 0 Å². The average Bonchev–Trinajstić information content (AvgIpc) is 1.50. The second kappa shape index (κ2) is 49.9. The first-order chi connectivity index (χ1) is 2.00. The normalized spacial score (nSPS) is 2.50. The van der Waals surface area contributed by atoms with Crippen LogP contribution < -0.4 is 0 Å². The molecule has 0 bridgehead atoms. The molecule has 0 rings (SSSR count). The minimum atomic E-state index is 0.750. The van der Waals surface area contributed by atoms with E-state index in [0.29, 0.717) is 0 Å². The summed E-state index contributed by atoms with van der Waals surface area (Å²) in [5.74, 6) is 0. The molecule has 0 atom stereocenters. The van der Waals surface area contributed by atoms with E-state index in [0.717, 1.165) is 18.9 Å². The zero-order valence-corrected chi connectivity index (χ0v) is 4.92. The van der Waals surface area contributed by atoms with Crippen LogP contribution in [0.4, 0.5) is 0 Å². The SMILES string of the molecule is [O]=[Co].[O]=[Ir]. The van der Waals surface area contributed by atoms with Crippen LogP contribution >= 0.6 is 0 Å². The van der Waals surface area contributed by atoms with Crippen LogP contribution in [-0.2, 0) is 41.9 Å². The van der Waals surface area contributed by atoms with Gasteiger partial charge in [0.15, 0.2) is 0 Å². The summed E-state index contributed by atoms with van der Waals surface area (Å²) in [6, 6.07) is 0. The van der Waals surface area contributed by atoms with Gasteiger partial charge in [0.05, 0.1) is 0 Å². The van der Waals surface area contributed by atoms with Crippen LogP contribution in [0.25, 0.3) is 0 Å². The topological polar surface area (TPSA) is 34.1 Å². The predicted molar refractivity (Wildman–Crippen MR) is 1.37 cm³/mol. The van der Waals surface area contributed by atoms with Gasteiger partial charge in [-0.15, -0.1) is 0 Å². The van der Waals surface area contributed by atoms with Crippen LogP contribution in [-0.4, -0.2) is 0 Å². The van der Waals surface area contributed by atoms with Gasteiger partial charge in [0.1, 0.15) is 0 Å². The Bertz CT molecular complexity index is 8.00. The molecule has 0 aromatic rings. The van der Waals surface area contributed by atoms with E-state index in [-0.39, 0.29) is 0 Å². The van der Waals surface area contributed by atoms with Gasteiger partial charge >= 0.3 is 41.9 Å². The molecule has 0 aliphatic carbocycles. The van der Waals surface area contributed by atoms with Crippen molar-refractivity contribution in [1.82, 2.24) is 0 Å². The third kappa shape index (κ3) is 14.9. The minimum absolute atomic E-state index is 0.750. The molecule has 0 aliphatic heterocycles. The molecule has 0 unspecified atom stereocenters. The van der Waals surface area contributed by atoms with Crippen LogP contribution in [0.3, 0.4) is 0 Å². The Labute approximate surface area is 42.2 Å². The van der Waals surface area contributed by atoms with Crippen LogP contribution in [0.5, 0.6) is 0 Å². The van der Waals surface area contributed by atoms with Crippen molar-refractivity contribution in [2.75, 3.05) is 0 Å². The molecular formula is CoIrO2. The summed E-state index contributed by atoms with van der Waals surface area (Å²) in [5, 5.41) is 0. The maximum atomic E-state index is 8.25. The molecule has 2 nitrogen and oxygen atoms in total. The van der Waals surface area contributed by atoms with Gasteiger partial charge < -0.3 is 0 Å². The van der Waals surface area contributed by atoms with Crippen molar-refractivity contribution in [2.24, 2.45) is 0 Å². The number of hydrogen-bond donors (Lipinski definition) is 0. The van der Waals surface area contributed by atoms with E-state index in [1.54, 1.807) is 0 Å². The Morgan fingerprint density at radius 1 is 1.25 bits per heavy atom. The molecule has 0 aliphatic rings. The Morgan fingerprint density at radius 3 is 1.25 bits per heavy atom. The molecule has 0 radical (unpaired) electrons. The Kier molecular flexibility index (Phi) is 110. The van der Waals surface area contributed by atoms with E-state index in [9.17, 15) is 0 Å². The zero-order chi connectivity index (χ0) is 4.00. The molecule has 30 valence electrons. The molecule has 0 N–H and O–H groups in total. The summed E-state index contributed by atoms with van der Waals surface area (Å²) in [5.41, 5.74) is 0. The molecule has 0 saturated carbocycles. The van der Waals surface area contributed by atoms with Crippen molar-refractivity contribution >= 4 is 0 Å². The van der Waals surface area contributed by atoms with E-state index >= 15 is 0 Å². The number of rotatable bonds is 0. The molecular weight excluding hydrogens is 283 g/mol. The predicted octanol–water partition coefficient (Wildman–Crippen LogP) is -0.243. The third-order valence-corrected chi connectivity index (χ3v) is 0.